The molecule has 109 heavy (non-hydrogen) atoms. The van der Waals surface area contributed by atoms with E-state index >= 15 is 0 Å². The van der Waals surface area contributed by atoms with E-state index in [9.17, 15) is 116 Å². The van der Waals surface area contributed by atoms with Crippen molar-refractivity contribution in [2.75, 3.05) is 114 Å². The molecule has 21 rings (SSSR count). The Morgan fingerprint density at radius 1 is 0.367 bits per heavy atom. The maximum absolute atomic E-state index is 13.7. The molecule has 21 saturated heterocycles. The molecule has 21 heterocycles. The highest BCUT2D eigenvalue weighted by atomic mass is 32.2. The summed E-state index contributed by atoms with van der Waals surface area (Å²) in [4.78, 5) is 51.3. The van der Waals surface area contributed by atoms with Gasteiger partial charge in [0.2, 0.25) is 11.8 Å². The number of nitrogens with one attached hydrogen (secondary N) is 3. The van der Waals surface area contributed by atoms with Crippen LogP contribution in [0.2, 0.25) is 0 Å². The lowest BCUT2D eigenvalue weighted by atomic mass is 9.95. The van der Waals surface area contributed by atoms with Crippen LogP contribution in [-0.4, -0.2) is 456 Å². The number of ether oxygens (including phenoxy) is 16. The number of hydrogen-bond acceptors (Lipinski definition) is 44. The fourth-order valence-corrected chi connectivity index (χ4v) is 15.9. The normalized spacial score (nSPS) is 43.0. The Morgan fingerprint density at radius 3 is 0.908 bits per heavy atom. The maximum Gasteiger partial charge on any atom is 0.238 e. The largest absolute Gasteiger partial charge is 0.394 e. The van der Waals surface area contributed by atoms with Gasteiger partial charge in [-0.2, -0.15) is 48.8 Å². The summed E-state index contributed by atoms with van der Waals surface area (Å²) in [5, 5.41) is 227. The van der Waals surface area contributed by atoms with Gasteiger partial charge in [0, 0.05) is 66.9 Å². The minimum absolute atomic E-state index is 0.0103. The van der Waals surface area contributed by atoms with E-state index < -0.39 is 278 Å². The quantitative estimate of drug-likeness (QED) is 0.0226. The number of aliphatic hydroxyl groups is 19. The molecule has 42 nitrogen and oxygen atoms in total. The molecule has 0 aliphatic carbocycles. The zero-order chi connectivity index (χ0) is 79.7. The number of amides is 2. The summed E-state index contributed by atoms with van der Waals surface area (Å²) in [6, 6.07) is -0.860. The van der Waals surface area contributed by atoms with Crippen LogP contribution in [0, 0.1) is 5.92 Å². The predicted octanol–water partition coefficient (Wildman–Crippen LogP) is -13.1. The van der Waals surface area contributed by atoms with Crippen molar-refractivity contribution in [3.63, 3.8) is 0 Å². The van der Waals surface area contributed by atoms with E-state index in [4.69, 9.17) is 75.8 Å². The smallest absolute Gasteiger partial charge is 0.238 e. The molecule has 0 aromatic heterocycles. The van der Waals surface area contributed by atoms with Crippen LogP contribution in [0.1, 0.15) is 26.2 Å². The van der Waals surface area contributed by atoms with E-state index in [-0.39, 0.29) is 93.3 Å². The number of carbonyl (C=O) groups is 4. The van der Waals surface area contributed by atoms with Crippen molar-refractivity contribution >= 4 is 72.2 Å². The van der Waals surface area contributed by atoms with E-state index in [2.05, 4.69) is 41.2 Å². The highest BCUT2D eigenvalue weighted by Gasteiger charge is 2.60. The Labute approximate surface area is 644 Å². The van der Waals surface area contributed by atoms with Gasteiger partial charge in [-0.1, -0.05) is 0 Å². The molecule has 0 aromatic rings. The molecule has 37 atom stereocenters. The van der Waals surface area contributed by atoms with Gasteiger partial charge in [0.1, 0.15) is 170 Å². The maximum atomic E-state index is 13.7. The highest BCUT2D eigenvalue weighted by Crippen LogP contribution is 2.40. The van der Waals surface area contributed by atoms with Crippen LogP contribution in [0.3, 0.4) is 0 Å². The first-order valence-corrected chi connectivity index (χ1v) is 39.2. The van der Waals surface area contributed by atoms with Gasteiger partial charge in [-0.25, -0.2) is 0 Å². The van der Waals surface area contributed by atoms with Crippen LogP contribution in [0.25, 0.3) is 0 Å². The number of hydrogen-bond donors (Lipinski definition) is 24. The highest BCUT2D eigenvalue weighted by molar-refractivity contribution is 7.99. The standard InChI is InChI=1S/C63H107N3O39S4/c1-23(72)3-7-90-9-10-91-8-4-25(73)13-24(55(88)65-5-11-106)19-108-21-32-53-39(79)46(86)62(97-32)102-51-30(17-70)93-59(42(82)35(51)75)101-50-29(16-69)96-61(45(85)38(50)78)105-54-33(22-109-20-26(64-2)56(89)66-6-12-107)98-63(47(87)40(54)80)103-52-31(18-71)94-58(43(83)36(52)76)99-48-27(14-67)92-57(41(81)34(48)74)100-49-28(15-68)95-60(104-53)44(84)37(49)77/h24,26-54,57-64,67-71,74-87,106-107H,3-22H2,1-2H3,(H,65,88)(H,66,89)/t24-,26-,27?,28?,29?,30?,31?,32?,33?,34-,35-,36-,37-,38-,39-,40-,41?,42?,43?,44?,45?,46?,47?,48-,49-,50+,51-,52+,53-,54-,57-,58-,59+,60-,61-,62-,63+/m1/s1. The van der Waals surface area contributed by atoms with Gasteiger partial charge in [-0.05, 0) is 14.0 Å². The monoisotopic (exact) mass is 1660 g/mol. The summed E-state index contributed by atoms with van der Waals surface area (Å²) in [6.07, 6.45) is -72.0. The van der Waals surface area contributed by atoms with Gasteiger partial charge in [-0.15, -0.1) is 0 Å². The van der Waals surface area contributed by atoms with Gasteiger partial charge in [0.25, 0.3) is 0 Å². The predicted molar refractivity (Wildman–Crippen MR) is 370 cm³/mol. The first-order valence-electron chi connectivity index (χ1n) is 35.6. The SMILES string of the molecule is CN[C@H](CSCC1O[C@H]2O[C@H]3C(CO)O[C@H](O[C@@H]4C(CO)O[C@H](O[C@@H]5C(CO)O[C@H](O[C@@H]6C(CSC[C@@H](CC(=O)CCOCCOCCC(C)=O)C(=O)NCCS)O[C@H](O[C@@H]7C(CO)O[C@@H](O[C@H]8C(CO)O[C@H](O[C@H]1[C@H](O)C2O)C(O)[C@H]8O)C(O)[C@H]7O)C(O)[C@H]6O)C(O)[C@H]5O)C(O)[C@H]4O)C(O)[C@H]3O)C(=O)NCCS. The van der Waals surface area contributed by atoms with E-state index in [1.165, 1.54) is 14.0 Å². The van der Waals surface area contributed by atoms with E-state index in [1.807, 2.05) is 0 Å². The molecule has 14 bridgehead atoms. The third-order valence-corrected chi connectivity index (χ3v) is 22.2. The van der Waals surface area contributed by atoms with Crippen molar-refractivity contribution in [1.82, 2.24) is 16.0 Å². The number of carbonyl (C=O) groups excluding carboxylic acids is 4. The average molecular weight is 1660 g/mol. The molecular weight excluding hydrogens is 1550 g/mol. The lowest BCUT2D eigenvalue weighted by Crippen LogP contribution is -2.68. The van der Waals surface area contributed by atoms with E-state index in [0.717, 1.165) is 23.5 Å². The molecule has 14 unspecified atom stereocenters. The minimum atomic E-state index is -2.29. The van der Waals surface area contributed by atoms with Crippen LogP contribution in [0.5, 0.6) is 0 Å². The molecule has 0 saturated carbocycles. The molecule has 0 radical (unpaired) electrons. The third-order valence-electron chi connectivity index (χ3n) is 19.4. The number of aliphatic hydroxyl groups excluding tert-OH is 19. The van der Waals surface area contributed by atoms with Crippen LogP contribution in [-0.2, 0) is 95.0 Å². The van der Waals surface area contributed by atoms with Crippen molar-refractivity contribution in [2.24, 2.45) is 5.92 Å². The van der Waals surface area contributed by atoms with Crippen LogP contribution in [0.15, 0.2) is 0 Å². The van der Waals surface area contributed by atoms with Gasteiger partial charge >= 0.3 is 0 Å². The Kier molecular flexibility index (Phi) is 38.0. The van der Waals surface area contributed by atoms with E-state index in [1.54, 1.807) is 0 Å². The van der Waals surface area contributed by atoms with Crippen LogP contribution in [0.4, 0.5) is 0 Å². The zero-order valence-corrected chi connectivity index (χ0v) is 62.8. The third kappa shape index (κ3) is 23.6. The number of rotatable bonds is 31. The molecule has 22 N–H and O–H groups in total. The fraction of sp³-hybridized carbons (Fsp3) is 0.937. The van der Waals surface area contributed by atoms with Crippen LogP contribution >= 0.6 is 48.8 Å². The molecule has 46 heteroatoms. The first-order chi connectivity index (χ1) is 52.1. The lowest BCUT2D eigenvalue weighted by Gasteiger charge is -2.50. The molecule has 21 aliphatic heterocycles. The Morgan fingerprint density at radius 2 is 0.633 bits per heavy atom. The van der Waals surface area contributed by atoms with Gasteiger partial charge in [0.05, 0.1) is 83.6 Å². The van der Waals surface area contributed by atoms with Crippen molar-refractivity contribution < 1.29 is 192 Å². The first kappa shape index (κ1) is 92.7. The van der Waals surface area contributed by atoms with Crippen LogP contribution < -0.4 is 16.0 Å². The van der Waals surface area contributed by atoms with E-state index in [0.29, 0.717) is 5.75 Å². The van der Waals surface area contributed by atoms with Crippen molar-refractivity contribution in [3.8, 4) is 0 Å². The summed E-state index contributed by atoms with van der Waals surface area (Å²) < 4.78 is 94.6. The number of thiol groups is 2. The Hall–Kier alpha value is -1.76. The molecule has 632 valence electrons. The molecule has 21 fully saturated rings. The minimum Gasteiger partial charge on any atom is -0.394 e. The average Bonchev–Trinajstić information content (AvgIpc) is 0.804. The summed E-state index contributed by atoms with van der Waals surface area (Å²) in [7, 11) is 1.50. The van der Waals surface area contributed by atoms with Gasteiger partial charge < -0.3 is 189 Å². The molecule has 21 aliphatic rings. The number of likely N-dealkylation sites (N-methyl/N-ethyl adjacent to an activating group) is 1. The second kappa shape index (κ2) is 44.7. The number of ketones is 2. The Bertz CT molecular complexity index is 2740. The molecule has 2 amide bonds. The van der Waals surface area contributed by atoms with Crippen molar-refractivity contribution in [1.29, 1.82) is 0 Å². The Balaban J connectivity index is 1.09. The molecule has 0 aromatic carbocycles. The second-order valence-corrected chi connectivity index (χ2v) is 30.1. The topological polar surface area (TPSA) is 636 Å². The lowest BCUT2D eigenvalue weighted by molar-refractivity contribution is -0.395. The number of Topliss-reactive ketones (excluding diaryl/α,β-unsaturated/α-hetero) is 2. The summed E-state index contributed by atoms with van der Waals surface area (Å²) in [5.74, 6) is -2.89. The summed E-state index contributed by atoms with van der Waals surface area (Å²) in [6.45, 7) is -3.37. The second-order valence-electron chi connectivity index (χ2n) is 27.1. The number of thioether (sulfide) groups is 2. The summed E-state index contributed by atoms with van der Waals surface area (Å²) >= 11 is 10.2. The molecule has 0 spiro atoms. The van der Waals surface area contributed by atoms with Crippen molar-refractivity contribution in [2.45, 2.75) is 247 Å². The zero-order valence-electron chi connectivity index (χ0n) is 59.4. The fourth-order valence-electron chi connectivity index (χ4n) is 13.3. The van der Waals surface area contributed by atoms with Gasteiger partial charge in [-0.3, -0.25) is 19.2 Å². The summed E-state index contributed by atoms with van der Waals surface area (Å²) in [5.41, 5.74) is 0. The van der Waals surface area contributed by atoms with Crippen molar-refractivity contribution in [3.05, 3.63) is 0 Å². The van der Waals surface area contributed by atoms with Gasteiger partial charge in [0.15, 0.2) is 44.0 Å². The molecular formula is C63H107N3O39S4.